The molecule has 25 heavy (non-hydrogen) atoms. The molecule has 3 nitrogen and oxygen atoms in total. The van der Waals surface area contributed by atoms with E-state index in [1.807, 2.05) is 54.6 Å². The number of hydrogen-bond donors (Lipinski definition) is 2. The van der Waals surface area contributed by atoms with Gasteiger partial charge in [-0.15, -0.1) is 0 Å². The topological polar surface area (TPSA) is 46.1 Å². The van der Waals surface area contributed by atoms with Crippen molar-refractivity contribution in [1.29, 1.82) is 0 Å². The van der Waals surface area contributed by atoms with Crippen LogP contribution in [0.4, 0.5) is 0 Å². The van der Waals surface area contributed by atoms with Crippen LogP contribution < -0.4 is 10.1 Å². The largest absolute Gasteiger partial charge is 0.491 e. The second-order valence-electron chi connectivity index (χ2n) is 6.16. The maximum atomic E-state index is 10.1. The van der Waals surface area contributed by atoms with Crippen LogP contribution >= 0.6 is 11.6 Å². The molecule has 4 heteroatoms. The summed E-state index contributed by atoms with van der Waals surface area (Å²) < 4.78 is 5.72. The third-order valence-corrected chi connectivity index (χ3v) is 4.40. The summed E-state index contributed by atoms with van der Waals surface area (Å²) >= 11 is 5.88. The molecule has 0 heterocycles. The zero-order valence-corrected chi connectivity index (χ0v) is 14.8. The fourth-order valence-electron chi connectivity index (χ4n) is 2.75. The highest BCUT2D eigenvalue weighted by molar-refractivity contribution is 6.30. The van der Waals surface area contributed by atoms with Crippen LogP contribution in [0.3, 0.4) is 0 Å². The van der Waals surface area contributed by atoms with E-state index in [-0.39, 0.29) is 0 Å². The average Bonchev–Trinajstić information content (AvgIpc) is 2.65. The molecule has 3 rings (SSSR count). The SMILES string of the molecule is O[C@H](C[NH2+]CCc1ccc(Cl)cc1)COc1ccc2ccccc2c1. The van der Waals surface area contributed by atoms with Crippen molar-refractivity contribution in [3.8, 4) is 5.75 Å². The quantitative estimate of drug-likeness (QED) is 0.609. The van der Waals surface area contributed by atoms with Gasteiger partial charge in [0, 0.05) is 11.4 Å². The number of halogens is 1. The van der Waals surface area contributed by atoms with E-state index in [1.54, 1.807) is 0 Å². The minimum atomic E-state index is -0.489. The molecule has 3 aromatic carbocycles. The van der Waals surface area contributed by atoms with E-state index >= 15 is 0 Å². The summed E-state index contributed by atoms with van der Waals surface area (Å²) in [5, 5.41) is 15.3. The number of ether oxygens (including phenoxy) is 1. The van der Waals surface area contributed by atoms with Crippen LogP contribution in [0.1, 0.15) is 5.56 Å². The normalized spacial score (nSPS) is 12.2. The number of rotatable bonds is 8. The number of fused-ring (bicyclic) bond motifs is 1. The number of benzene rings is 3. The van der Waals surface area contributed by atoms with Crippen molar-refractivity contribution in [2.45, 2.75) is 12.5 Å². The summed E-state index contributed by atoms with van der Waals surface area (Å²) in [4.78, 5) is 0. The molecule has 0 aliphatic heterocycles. The fraction of sp³-hybridized carbons (Fsp3) is 0.238. The zero-order chi connectivity index (χ0) is 17.5. The summed E-state index contributed by atoms with van der Waals surface area (Å²) in [6.07, 6.45) is 0.465. The standard InChI is InChI=1S/C21H22ClNO2/c22-19-8-5-16(6-9-19)11-12-23-14-20(24)15-25-21-10-7-17-3-1-2-4-18(17)13-21/h1-10,13,20,23-24H,11-12,14-15H2/p+1/t20-/m1/s1. The molecule has 0 aliphatic carbocycles. The lowest BCUT2D eigenvalue weighted by Gasteiger charge is -2.12. The van der Waals surface area contributed by atoms with Crippen LogP contribution in [0, 0.1) is 0 Å². The van der Waals surface area contributed by atoms with E-state index in [4.69, 9.17) is 16.3 Å². The van der Waals surface area contributed by atoms with Crippen LogP contribution in [0.15, 0.2) is 66.7 Å². The first-order valence-electron chi connectivity index (χ1n) is 8.56. The molecule has 0 aromatic heterocycles. The predicted molar refractivity (Wildman–Crippen MR) is 102 cm³/mol. The second kappa shape index (κ2) is 8.86. The predicted octanol–water partition coefficient (Wildman–Crippen LogP) is 3.04. The summed E-state index contributed by atoms with van der Waals surface area (Å²) in [5.41, 5.74) is 1.25. The lowest BCUT2D eigenvalue weighted by molar-refractivity contribution is -0.660. The maximum Gasteiger partial charge on any atom is 0.137 e. The van der Waals surface area contributed by atoms with Gasteiger partial charge < -0.3 is 15.2 Å². The van der Waals surface area contributed by atoms with Gasteiger partial charge in [0.2, 0.25) is 0 Å². The molecule has 0 aliphatic rings. The Balaban J connectivity index is 1.38. The van der Waals surface area contributed by atoms with Crippen molar-refractivity contribution in [2.24, 2.45) is 0 Å². The molecule has 0 unspecified atom stereocenters. The summed E-state index contributed by atoms with van der Waals surface area (Å²) in [6, 6.07) is 22.0. The Morgan fingerprint density at radius 3 is 2.52 bits per heavy atom. The van der Waals surface area contributed by atoms with Gasteiger partial charge >= 0.3 is 0 Å². The average molecular weight is 357 g/mol. The molecule has 0 bridgehead atoms. The molecular formula is C21H23ClNO2+. The van der Waals surface area contributed by atoms with E-state index in [0.717, 1.165) is 29.1 Å². The van der Waals surface area contributed by atoms with E-state index in [2.05, 4.69) is 17.4 Å². The van der Waals surface area contributed by atoms with Gasteiger partial charge in [0.1, 0.15) is 25.0 Å². The van der Waals surface area contributed by atoms with Gasteiger partial charge in [-0.3, -0.25) is 0 Å². The van der Waals surface area contributed by atoms with E-state index in [9.17, 15) is 5.11 Å². The smallest absolute Gasteiger partial charge is 0.137 e. The van der Waals surface area contributed by atoms with Gasteiger partial charge in [0.25, 0.3) is 0 Å². The highest BCUT2D eigenvalue weighted by Gasteiger charge is 2.08. The van der Waals surface area contributed by atoms with Crippen LogP contribution in [0.2, 0.25) is 5.02 Å². The van der Waals surface area contributed by atoms with Gasteiger partial charge in [-0.25, -0.2) is 0 Å². The Morgan fingerprint density at radius 1 is 0.960 bits per heavy atom. The van der Waals surface area contributed by atoms with Crippen LogP contribution in [-0.4, -0.2) is 30.9 Å². The molecule has 0 radical (unpaired) electrons. The monoisotopic (exact) mass is 356 g/mol. The molecule has 130 valence electrons. The van der Waals surface area contributed by atoms with Gasteiger partial charge in [0.05, 0.1) is 6.54 Å². The first-order valence-corrected chi connectivity index (χ1v) is 8.94. The maximum absolute atomic E-state index is 10.1. The first-order chi connectivity index (χ1) is 12.2. The van der Waals surface area contributed by atoms with Gasteiger partial charge in [-0.05, 0) is 40.6 Å². The number of nitrogens with two attached hydrogens (primary N) is 1. The zero-order valence-electron chi connectivity index (χ0n) is 14.1. The molecule has 1 atom stereocenters. The number of aliphatic hydroxyl groups excluding tert-OH is 1. The molecule has 0 amide bonds. The molecule has 0 saturated carbocycles. The minimum absolute atomic E-state index is 0.301. The minimum Gasteiger partial charge on any atom is -0.491 e. The summed E-state index contributed by atoms with van der Waals surface area (Å²) in [6.45, 7) is 1.85. The fourth-order valence-corrected chi connectivity index (χ4v) is 2.87. The Labute approximate surface area is 153 Å². The van der Waals surface area contributed by atoms with Crippen molar-refractivity contribution in [1.82, 2.24) is 0 Å². The van der Waals surface area contributed by atoms with Crippen LogP contribution in [0.25, 0.3) is 10.8 Å². The van der Waals surface area contributed by atoms with Crippen molar-refractivity contribution >= 4 is 22.4 Å². The molecule has 0 saturated heterocycles. The molecular weight excluding hydrogens is 334 g/mol. The van der Waals surface area contributed by atoms with Gasteiger partial charge in [0.15, 0.2) is 0 Å². The van der Waals surface area contributed by atoms with Gasteiger partial charge in [-0.2, -0.15) is 0 Å². The van der Waals surface area contributed by atoms with Crippen molar-refractivity contribution < 1.29 is 15.2 Å². The summed E-state index contributed by atoms with van der Waals surface area (Å²) in [5.74, 6) is 0.791. The highest BCUT2D eigenvalue weighted by Crippen LogP contribution is 2.20. The van der Waals surface area contributed by atoms with Gasteiger partial charge in [-0.1, -0.05) is 54.1 Å². The lowest BCUT2D eigenvalue weighted by Crippen LogP contribution is -2.87. The Hall–Kier alpha value is -2.07. The number of hydrogen-bond acceptors (Lipinski definition) is 2. The third-order valence-electron chi connectivity index (χ3n) is 4.15. The Kier molecular flexibility index (Phi) is 6.29. The Morgan fingerprint density at radius 2 is 1.72 bits per heavy atom. The number of aliphatic hydroxyl groups is 1. The highest BCUT2D eigenvalue weighted by atomic mass is 35.5. The first kappa shape index (κ1) is 17.7. The third kappa shape index (κ3) is 5.46. The Bertz CT molecular complexity index is 804. The van der Waals surface area contributed by atoms with E-state index in [1.165, 1.54) is 10.9 Å². The van der Waals surface area contributed by atoms with Crippen LogP contribution in [0.5, 0.6) is 5.75 Å². The van der Waals surface area contributed by atoms with Crippen molar-refractivity contribution in [3.63, 3.8) is 0 Å². The summed E-state index contributed by atoms with van der Waals surface area (Å²) in [7, 11) is 0. The molecule has 3 N–H and O–H groups in total. The van der Waals surface area contributed by atoms with Crippen molar-refractivity contribution in [3.05, 3.63) is 77.3 Å². The number of quaternary nitrogens is 1. The van der Waals surface area contributed by atoms with E-state index < -0.39 is 6.10 Å². The molecule has 0 fully saturated rings. The van der Waals surface area contributed by atoms with Crippen molar-refractivity contribution in [2.75, 3.05) is 19.7 Å². The van der Waals surface area contributed by atoms with E-state index in [0.29, 0.717) is 13.2 Å². The molecule has 3 aromatic rings. The molecule has 0 spiro atoms. The second-order valence-corrected chi connectivity index (χ2v) is 6.60. The van der Waals surface area contributed by atoms with Crippen LogP contribution in [-0.2, 0) is 6.42 Å². The lowest BCUT2D eigenvalue weighted by atomic mass is 10.1.